The van der Waals surface area contributed by atoms with Crippen molar-refractivity contribution in [2.45, 2.75) is 20.3 Å². The topological polar surface area (TPSA) is 54.2 Å². The Labute approximate surface area is 106 Å². The number of hydrazine groups is 1. The highest BCUT2D eigenvalue weighted by Gasteiger charge is 2.13. The Balaban J connectivity index is 3.10. The molecule has 6 heteroatoms. The Bertz CT molecular complexity index is 357. The first kappa shape index (κ1) is 13.4. The molecule has 4 nitrogen and oxygen atoms in total. The maximum atomic E-state index is 6.11. The quantitative estimate of drug-likeness (QED) is 0.633. The highest BCUT2D eigenvalue weighted by molar-refractivity contribution is 6.37. The second-order valence-electron chi connectivity index (χ2n) is 3.35. The molecule has 0 aliphatic heterocycles. The van der Waals surface area contributed by atoms with E-state index < -0.39 is 0 Å². The van der Waals surface area contributed by atoms with Crippen molar-refractivity contribution in [1.82, 2.24) is 4.98 Å². The minimum atomic E-state index is 0.420. The van der Waals surface area contributed by atoms with Crippen LogP contribution in [0.4, 0.5) is 11.6 Å². The molecule has 16 heavy (non-hydrogen) atoms. The first-order valence-electron chi connectivity index (χ1n) is 5.21. The maximum Gasteiger partial charge on any atom is 0.161 e. The summed E-state index contributed by atoms with van der Waals surface area (Å²) in [6, 6.07) is 1.65. The van der Waals surface area contributed by atoms with E-state index in [4.69, 9.17) is 29.0 Å². The summed E-state index contributed by atoms with van der Waals surface area (Å²) >= 11 is 12.0. The smallest absolute Gasteiger partial charge is 0.161 e. The number of nitrogen functional groups attached to an aromatic ring is 1. The van der Waals surface area contributed by atoms with E-state index in [1.54, 1.807) is 6.07 Å². The van der Waals surface area contributed by atoms with Gasteiger partial charge in [0, 0.05) is 13.1 Å². The third kappa shape index (κ3) is 2.90. The van der Waals surface area contributed by atoms with Gasteiger partial charge in [-0.25, -0.2) is 10.8 Å². The molecule has 0 radical (unpaired) electrons. The summed E-state index contributed by atoms with van der Waals surface area (Å²) in [6.07, 6.45) is 1.03. The van der Waals surface area contributed by atoms with Gasteiger partial charge in [0.25, 0.3) is 0 Å². The molecule has 0 fully saturated rings. The van der Waals surface area contributed by atoms with E-state index in [9.17, 15) is 0 Å². The summed E-state index contributed by atoms with van der Waals surface area (Å²) in [7, 11) is 0. The minimum absolute atomic E-state index is 0.420. The highest BCUT2D eigenvalue weighted by atomic mass is 35.5. The molecule has 3 N–H and O–H groups in total. The average Bonchev–Trinajstić information content (AvgIpc) is 2.27. The Morgan fingerprint density at radius 3 is 2.56 bits per heavy atom. The van der Waals surface area contributed by atoms with Gasteiger partial charge in [-0.2, -0.15) is 0 Å². The molecule has 1 aromatic heterocycles. The van der Waals surface area contributed by atoms with Crippen molar-refractivity contribution in [3.63, 3.8) is 0 Å². The second kappa shape index (κ2) is 6.13. The predicted molar refractivity (Wildman–Crippen MR) is 70.2 cm³/mol. The molecule has 1 aromatic rings. The lowest BCUT2D eigenvalue weighted by Crippen LogP contribution is -2.25. The fraction of sp³-hybridized carbons (Fsp3) is 0.500. The summed E-state index contributed by atoms with van der Waals surface area (Å²) in [5.41, 5.74) is 2.46. The van der Waals surface area contributed by atoms with Gasteiger partial charge in [-0.15, -0.1) is 0 Å². The normalized spacial score (nSPS) is 10.3. The van der Waals surface area contributed by atoms with Gasteiger partial charge in [0.15, 0.2) is 5.82 Å². The molecule has 0 unspecified atom stereocenters. The molecule has 0 amide bonds. The van der Waals surface area contributed by atoms with Crippen LogP contribution in [0.2, 0.25) is 10.0 Å². The van der Waals surface area contributed by atoms with Crippen LogP contribution in [0.15, 0.2) is 6.07 Å². The molecule has 90 valence electrons. The van der Waals surface area contributed by atoms with E-state index >= 15 is 0 Å². The molecule has 0 aliphatic rings. The summed E-state index contributed by atoms with van der Waals surface area (Å²) < 4.78 is 0. The van der Waals surface area contributed by atoms with E-state index in [2.05, 4.69) is 29.2 Å². The van der Waals surface area contributed by atoms with E-state index in [0.717, 1.165) is 19.5 Å². The number of nitrogens with two attached hydrogens (primary N) is 1. The largest absolute Gasteiger partial charge is 0.356 e. The molecular formula is C10H16Cl2N4. The molecule has 1 heterocycles. The van der Waals surface area contributed by atoms with Crippen LogP contribution in [-0.4, -0.2) is 18.1 Å². The van der Waals surface area contributed by atoms with Crippen LogP contribution in [-0.2, 0) is 0 Å². The van der Waals surface area contributed by atoms with Crippen LogP contribution in [0.25, 0.3) is 0 Å². The van der Waals surface area contributed by atoms with Crippen LogP contribution in [0.5, 0.6) is 0 Å². The van der Waals surface area contributed by atoms with Crippen molar-refractivity contribution < 1.29 is 0 Å². The van der Waals surface area contributed by atoms with E-state index in [-0.39, 0.29) is 0 Å². The third-order valence-corrected chi connectivity index (χ3v) is 2.79. The summed E-state index contributed by atoms with van der Waals surface area (Å²) in [5, 5.41) is 0.961. The van der Waals surface area contributed by atoms with E-state index in [0.29, 0.717) is 21.7 Å². The summed E-state index contributed by atoms with van der Waals surface area (Å²) in [5.74, 6) is 6.48. The Hall–Kier alpha value is -0.710. The molecule has 0 bridgehead atoms. The molecule has 0 saturated carbocycles. The standard InChI is InChI=1S/C10H16Cl2N4/c1-3-5-16(4-2)10-8(12)6-7(11)9(14-10)15-13/h6H,3-5,13H2,1-2H3,(H,14,15). The molecule has 1 rings (SSSR count). The number of nitrogens with zero attached hydrogens (tertiary/aromatic N) is 2. The van der Waals surface area contributed by atoms with Crippen molar-refractivity contribution in [3.8, 4) is 0 Å². The van der Waals surface area contributed by atoms with Gasteiger partial charge >= 0.3 is 0 Å². The van der Waals surface area contributed by atoms with Crippen LogP contribution in [0.1, 0.15) is 20.3 Å². The zero-order valence-electron chi connectivity index (χ0n) is 9.43. The monoisotopic (exact) mass is 262 g/mol. The second-order valence-corrected chi connectivity index (χ2v) is 4.16. The summed E-state index contributed by atoms with van der Waals surface area (Å²) in [4.78, 5) is 6.39. The number of anilines is 2. The van der Waals surface area contributed by atoms with Crippen molar-refractivity contribution >= 4 is 34.8 Å². The Morgan fingerprint density at radius 1 is 1.38 bits per heavy atom. The molecule has 0 atom stereocenters. The lowest BCUT2D eigenvalue weighted by molar-refractivity contribution is 0.779. The fourth-order valence-electron chi connectivity index (χ4n) is 1.46. The Kier molecular flexibility index (Phi) is 5.12. The minimum Gasteiger partial charge on any atom is -0.356 e. The van der Waals surface area contributed by atoms with Gasteiger partial charge in [-0.1, -0.05) is 30.1 Å². The number of pyridine rings is 1. The van der Waals surface area contributed by atoms with Gasteiger partial charge in [0.05, 0.1) is 10.0 Å². The number of aromatic nitrogens is 1. The van der Waals surface area contributed by atoms with Crippen molar-refractivity contribution in [1.29, 1.82) is 0 Å². The number of rotatable bonds is 5. The molecule has 0 spiro atoms. The van der Waals surface area contributed by atoms with Crippen molar-refractivity contribution in [3.05, 3.63) is 16.1 Å². The van der Waals surface area contributed by atoms with E-state index in [1.807, 2.05) is 0 Å². The van der Waals surface area contributed by atoms with Crippen molar-refractivity contribution in [2.75, 3.05) is 23.4 Å². The summed E-state index contributed by atoms with van der Waals surface area (Å²) in [6.45, 7) is 5.90. The number of hydrogen-bond donors (Lipinski definition) is 2. The average molecular weight is 263 g/mol. The lowest BCUT2D eigenvalue weighted by Gasteiger charge is -2.23. The zero-order valence-corrected chi connectivity index (χ0v) is 10.9. The number of halogens is 2. The third-order valence-electron chi connectivity index (χ3n) is 2.22. The number of nitrogens with one attached hydrogen (secondary N) is 1. The van der Waals surface area contributed by atoms with Crippen LogP contribution >= 0.6 is 23.2 Å². The molecule has 0 aromatic carbocycles. The molecule has 0 aliphatic carbocycles. The van der Waals surface area contributed by atoms with Gasteiger partial charge in [0.1, 0.15) is 5.82 Å². The lowest BCUT2D eigenvalue weighted by atomic mass is 10.3. The number of hydrogen-bond acceptors (Lipinski definition) is 4. The fourth-order valence-corrected chi connectivity index (χ4v) is 2.00. The van der Waals surface area contributed by atoms with Crippen LogP contribution < -0.4 is 16.2 Å². The van der Waals surface area contributed by atoms with Gasteiger partial charge in [-0.3, -0.25) is 0 Å². The van der Waals surface area contributed by atoms with Crippen LogP contribution in [0.3, 0.4) is 0 Å². The highest BCUT2D eigenvalue weighted by Crippen LogP contribution is 2.30. The van der Waals surface area contributed by atoms with Gasteiger partial charge in [-0.05, 0) is 19.4 Å². The predicted octanol–water partition coefficient (Wildman–Crippen LogP) is 2.91. The van der Waals surface area contributed by atoms with Crippen LogP contribution in [0, 0.1) is 0 Å². The maximum absolute atomic E-state index is 6.11. The SMILES string of the molecule is CCCN(CC)c1nc(NN)c(Cl)cc1Cl. The first-order chi connectivity index (χ1) is 7.63. The first-order valence-corrected chi connectivity index (χ1v) is 5.97. The van der Waals surface area contributed by atoms with Crippen molar-refractivity contribution in [2.24, 2.45) is 5.84 Å². The van der Waals surface area contributed by atoms with Gasteiger partial charge in [0.2, 0.25) is 0 Å². The van der Waals surface area contributed by atoms with E-state index in [1.165, 1.54) is 0 Å². The molecular weight excluding hydrogens is 247 g/mol. The van der Waals surface area contributed by atoms with Gasteiger partial charge < -0.3 is 10.3 Å². The molecule has 0 saturated heterocycles. The Morgan fingerprint density at radius 2 is 2.06 bits per heavy atom. The zero-order chi connectivity index (χ0) is 12.1.